The van der Waals surface area contributed by atoms with E-state index in [-0.39, 0.29) is 18.1 Å². The van der Waals surface area contributed by atoms with E-state index in [0.717, 1.165) is 11.1 Å². The third-order valence-electron chi connectivity index (χ3n) is 5.60. The van der Waals surface area contributed by atoms with Crippen molar-refractivity contribution in [3.05, 3.63) is 92.3 Å². The number of carbonyl (C=O) groups is 2. The molecular weight excluding hydrogens is 570 g/mol. The van der Waals surface area contributed by atoms with E-state index in [1.807, 2.05) is 25.1 Å². The van der Waals surface area contributed by atoms with Gasteiger partial charge in [-0.1, -0.05) is 18.2 Å². The number of aromatic carboxylic acids is 1. The van der Waals surface area contributed by atoms with Gasteiger partial charge >= 0.3 is 5.97 Å². The molecule has 1 heterocycles. The number of rotatable bonds is 8. The Hall–Kier alpha value is -4.07. The van der Waals surface area contributed by atoms with E-state index in [1.165, 1.54) is 31.0 Å². The molecule has 0 radical (unpaired) electrons. The van der Waals surface area contributed by atoms with Crippen LogP contribution in [0.4, 0.5) is 5.69 Å². The molecule has 0 bridgehead atoms. The van der Waals surface area contributed by atoms with Gasteiger partial charge in [0.05, 0.1) is 39.4 Å². The molecule has 0 aromatic heterocycles. The number of hydrogen-bond acceptors (Lipinski definition) is 7. The van der Waals surface area contributed by atoms with Gasteiger partial charge in [-0.3, -0.25) is 9.69 Å². The molecular formula is C28H22BrN3O5S. The van der Waals surface area contributed by atoms with Gasteiger partial charge in [0.2, 0.25) is 0 Å². The fourth-order valence-corrected chi connectivity index (χ4v) is 5.32. The summed E-state index contributed by atoms with van der Waals surface area (Å²) < 4.78 is 12.2. The number of methoxy groups -OCH3 is 1. The third kappa shape index (κ3) is 5.90. The molecule has 1 aliphatic heterocycles. The van der Waals surface area contributed by atoms with Crippen LogP contribution in [0.3, 0.4) is 0 Å². The van der Waals surface area contributed by atoms with Crippen LogP contribution in [0.15, 0.2) is 75.0 Å². The monoisotopic (exact) mass is 591 g/mol. The number of carbonyl (C=O) groups excluding carboxylic acids is 1. The summed E-state index contributed by atoms with van der Waals surface area (Å²) in [7, 11) is 1.53. The summed E-state index contributed by atoms with van der Waals surface area (Å²) in [4.78, 5) is 30.8. The van der Waals surface area contributed by atoms with Gasteiger partial charge in [0.25, 0.3) is 5.91 Å². The van der Waals surface area contributed by atoms with Crippen LogP contribution >= 0.6 is 27.7 Å². The second kappa shape index (κ2) is 12.0. The van der Waals surface area contributed by atoms with Crippen molar-refractivity contribution in [1.29, 1.82) is 5.26 Å². The fourth-order valence-electron chi connectivity index (χ4n) is 3.68. The van der Waals surface area contributed by atoms with E-state index in [9.17, 15) is 14.9 Å². The Morgan fingerprint density at radius 1 is 1.21 bits per heavy atom. The highest BCUT2D eigenvalue weighted by atomic mass is 79.9. The molecule has 1 fully saturated rings. The first kappa shape index (κ1) is 27.0. The predicted octanol–water partition coefficient (Wildman–Crippen LogP) is 6.23. The van der Waals surface area contributed by atoms with E-state index in [2.05, 4.69) is 27.0 Å². The van der Waals surface area contributed by atoms with Gasteiger partial charge in [0, 0.05) is 12.1 Å². The van der Waals surface area contributed by atoms with Crippen LogP contribution in [0, 0.1) is 11.3 Å². The van der Waals surface area contributed by atoms with E-state index in [0.29, 0.717) is 43.8 Å². The Morgan fingerprint density at radius 3 is 2.61 bits per heavy atom. The standard InChI is InChI=1S/C28H22BrN3O5S/c1-3-32-26(33)24(38-28(32)31-21-10-8-18(9-11-21)27(34)35)14-17-12-22(29)25(23(13-17)36-2)37-16-20-7-5-4-6-19(20)15-30/h4-14H,3,16H2,1-2H3,(H,34,35)/b24-14+,31-28?. The highest BCUT2D eigenvalue weighted by Crippen LogP contribution is 2.40. The van der Waals surface area contributed by atoms with Crippen molar-refractivity contribution in [2.75, 3.05) is 13.7 Å². The second-order valence-corrected chi connectivity index (χ2v) is 9.86. The summed E-state index contributed by atoms with van der Waals surface area (Å²) in [6.07, 6.45) is 1.76. The van der Waals surface area contributed by atoms with Crippen molar-refractivity contribution in [3.63, 3.8) is 0 Å². The average Bonchev–Trinajstić information content (AvgIpc) is 3.21. The quantitative estimate of drug-likeness (QED) is 0.309. The molecule has 8 nitrogen and oxygen atoms in total. The van der Waals surface area contributed by atoms with Crippen molar-refractivity contribution in [3.8, 4) is 17.6 Å². The molecule has 1 aliphatic rings. The number of benzene rings is 3. The summed E-state index contributed by atoms with van der Waals surface area (Å²) in [6.45, 7) is 2.48. The van der Waals surface area contributed by atoms with Gasteiger partial charge in [-0.05, 0) is 88.7 Å². The molecule has 192 valence electrons. The molecule has 1 saturated heterocycles. The summed E-state index contributed by atoms with van der Waals surface area (Å²) in [5.74, 6) is -0.243. The zero-order valence-corrected chi connectivity index (χ0v) is 22.9. The molecule has 10 heteroatoms. The number of nitriles is 1. The van der Waals surface area contributed by atoms with Crippen molar-refractivity contribution in [2.24, 2.45) is 4.99 Å². The maximum Gasteiger partial charge on any atom is 0.335 e. The van der Waals surface area contributed by atoms with Crippen LogP contribution in [0.5, 0.6) is 11.5 Å². The predicted molar refractivity (Wildman–Crippen MR) is 150 cm³/mol. The maximum absolute atomic E-state index is 13.1. The number of hydrogen-bond donors (Lipinski definition) is 1. The number of carboxylic acid groups (broad SMARTS) is 1. The molecule has 38 heavy (non-hydrogen) atoms. The third-order valence-corrected chi connectivity index (χ3v) is 7.20. The lowest BCUT2D eigenvalue weighted by atomic mass is 10.1. The zero-order chi connectivity index (χ0) is 27.2. The zero-order valence-electron chi connectivity index (χ0n) is 20.5. The maximum atomic E-state index is 13.1. The number of thioether (sulfide) groups is 1. The minimum Gasteiger partial charge on any atom is -0.493 e. The summed E-state index contributed by atoms with van der Waals surface area (Å²) in [5.41, 5.74) is 2.73. The Balaban J connectivity index is 1.59. The van der Waals surface area contributed by atoms with Crippen LogP contribution in [-0.2, 0) is 11.4 Å². The first-order chi connectivity index (χ1) is 18.3. The van der Waals surface area contributed by atoms with Gasteiger partial charge in [-0.15, -0.1) is 0 Å². The van der Waals surface area contributed by atoms with Crippen molar-refractivity contribution in [2.45, 2.75) is 13.5 Å². The van der Waals surface area contributed by atoms with E-state index < -0.39 is 5.97 Å². The van der Waals surface area contributed by atoms with Gasteiger partial charge < -0.3 is 14.6 Å². The van der Waals surface area contributed by atoms with Crippen LogP contribution < -0.4 is 9.47 Å². The van der Waals surface area contributed by atoms with E-state index in [4.69, 9.17) is 14.6 Å². The first-order valence-corrected chi connectivity index (χ1v) is 13.1. The summed E-state index contributed by atoms with van der Waals surface area (Å²) in [6, 6.07) is 19.1. The minimum atomic E-state index is -1.01. The lowest BCUT2D eigenvalue weighted by Crippen LogP contribution is -2.28. The lowest BCUT2D eigenvalue weighted by Gasteiger charge is -2.14. The highest BCUT2D eigenvalue weighted by molar-refractivity contribution is 9.10. The smallest absolute Gasteiger partial charge is 0.335 e. The fraction of sp³-hybridized carbons (Fsp3) is 0.143. The van der Waals surface area contributed by atoms with Crippen molar-refractivity contribution in [1.82, 2.24) is 4.90 Å². The van der Waals surface area contributed by atoms with Gasteiger partial charge in [0.15, 0.2) is 16.7 Å². The van der Waals surface area contributed by atoms with Crippen LogP contribution in [0.2, 0.25) is 0 Å². The number of carboxylic acids is 1. The Kier molecular flexibility index (Phi) is 8.51. The number of amides is 1. The summed E-state index contributed by atoms with van der Waals surface area (Å²) >= 11 is 4.78. The molecule has 0 spiro atoms. The largest absolute Gasteiger partial charge is 0.493 e. The van der Waals surface area contributed by atoms with Crippen LogP contribution in [0.1, 0.15) is 34.0 Å². The Bertz CT molecular complexity index is 1500. The van der Waals surface area contributed by atoms with E-state index in [1.54, 1.807) is 41.3 Å². The second-order valence-electron chi connectivity index (χ2n) is 8.00. The number of likely N-dealkylation sites (N-methyl/N-ethyl adjacent to an activating group) is 1. The summed E-state index contributed by atoms with van der Waals surface area (Å²) in [5, 5.41) is 18.9. The van der Waals surface area contributed by atoms with Crippen molar-refractivity contribution >= 4 is 56.5 Å². The molecule has 0 aliphatic carbocycles. The molecule has 0 unspecified atom stereocenters. The number of halogens is 1. The number of nitrogens with zero attached hydrogens (tertiary/aromatic N) is 3. The van der Waals surface area contributed by atoms with Crippen molar-refractivity contribution < 1.29 is 24.2 Å². The topological polar surface area (TPSA) is 112 Å². The molecule has 0 saturated carbocycles. The van der Waals surface area contributed by atoms with Gasteiger partial charge in [0.1, 0.15) is 6.61 Å². The average molecular weight is 592 g/mol. The first-order valence-electron chi connectivity index (χ1n) is 11.5. The molecule has 1 amide bonds. The molecule has 3 aromatic rings. The number of ether oxygens (including phenoxy) is 2. The van der Waals surface area contributed by atoms with Gasteiger partial charge in [-0.2, -0.15) is 5.26 Å². The van der Waals surface area contributed by atoms with E-state index >= 15 is 0 Å². The number of aliphatic imine (C=N–C) groups is 1. The van der Waals surface area contributed by atoms with Gasteiger partial charge in [-0.25, -0.2) is 9.79 Å². The SMILES string of the molecule is CCN1C(=O)/C(=C\c2cc(Br)c(OCc3ccccc3C#N)c(OC)c2)SC1=Nc1ccc(C(=O)O)cc1. The lowest BCUT2D eigenvalue weighted by molar-refractivity contribution is -0.122. The van der Waals surface area contributed by atoms with Crippen LogP contribution in [0.25, 0.3) is 6.08 Å². The molecule has 1 N–H and O–H groups in total. The van der Waals surface area contributed by atoms with Crippen LogP contribution in [-0.4, -0.2) is 40.7 Å². The normalized spacial score (nSPS) is 15.1. The highest BCUT2D eigenvalue weighted by Gasteiger charge is 2.32. The number of amidine groups is 1. The molecule has 3 aromatic carbocycles. The molecule has 4 rings (SSSR count). The minimum absolute atomic E-state index is 0.165. The Morgan fingerprint density at radius 2 is 1.95 bits per heavy atom. The molecule has 0 atom stereocenters. The Labute approximate surface area is 232 Å².